The molecule has 2 aliphatic heterocycles. The summed E-state index contributed by atoms with van der Waals surface area (Å²) in [5, 5.41) is 9.16. The van der Waals surface area contributed by atoms with Crippen molar-refractivity contribution in [2.75, 3.05) is 19.6 Å². The summed E-state index contributed by atoms with van der Waals surface area (Å²) in [6.07, 6.45) is 2.45. The minimum atomic E-state index is -0.980. The lowest BCUT2D eigenvalue weighted by atomic mass is 10.1. The molecule has 146 valence electrons. The van der Waals surface area contributed by atoms with Crippen LogP contribution >= 0.6 is 0 Å². The lowest BCUT2D eigenvalue weighted by Crippen LogP contribution is -2.38. The molecule has 28 heavy (non-hydrogen) atoms. The Hall–Kier alpha value is -3.16. The first-order valence-corrected chi connectivity index (χ1v) is 9.48. The standard InChI is InChI=1S/C20H22N4O4/c25-17-5-2-8-23(17)10-7-18(26)24-9-6-15-16(12-24)22-19(21-15)13-3-1-4-14(11-13)20(27)28/h1,3-4,11H,2,5-10,12H2,(H,21,22)(H,27,28). The summed E-state index contributed by atoms with van der Waals surface area (Å²) < 4.78 is 0. The Balaban J connectivity index is 1.43. The second kappa shape index (κ2) is 7.46. The Morgan fingerprint density at radius 1 is 1.21 bits per heavy atom. The summed E-state index contributed by atoms with van der Waals surface area (Å²) in [7, 11) is 0. The highest BCUT2D eigenvalue weighted by Gasteiger charge is 2.26. The van der Waals surface area contributed by atoms with Crippen LogP contribution < -0.4 is 0 Å². The zero-order valence-electron chi connectivity index (χ0n) is 15.5. The lowest BCUT2D eigenvalue weighted by molar-refractivity contribution is -0.133. The molecule has 0 spiro atoms. The molecule has 1 fully saturated rings. The number of carbonyl (C=O) groups is 3. The highest BCUT2D eigenvalue weighted by atomic mass is 16.4. The molecule has 2 aromatic rings. The fraction of sp³-hybridized carbons (Fsp3) is 0.400. The van der Waals surface area contributed by atoms with E-state index in [1.165, 1.54) is 0 Å². The average Bonchev–Trinajstić information content (AvgIpc) is 3.31. The number of aromatic carboxylic acids is 1. The number of H-pyrrole nitrogens is 1. The Kier molecular flexibility index (Phi) is 4.85. The predicted molar refractivity (Wildman–Crippen MR) is 101 cm³/mol. The molecule has 2 N–H and O–H groups in total. The molecule has 0 saturated carbocycles. The molecule has 2 aliphatic rings. The van der Waals surface area contributed by atoms with Gasteiger partial charge in [-0.05, 0) is 18.6 Å². The number of imidazole rings is 1. The minimum absolute atomic E-state index is 0.0365. The monoisotopic (exact) mass is 382 g/mol. The summed E-state index contributed by atoms with van der Waals surface area (Å²) in [4.78, 5) is 46.8. The van der Waals surface area contributed by atoms with Crippen LogP contribution in [0.5, 0.6) is 0 Å². The zero-order valence-corrected chi connectivity index (χ0v) is 15.5. The second-order valence-electron chi connectivity index (χ2n) is 7.20. The Morgan fingerprint density at radius 3 is 2.82 bits per heavy atom. The Morgan fingerprint density at radius 2 is 2.07 bits per heavy atom. The van der Waals surface area contributed by atoms with E-state index in [1.807, 2.05) is 6.07 Å². The number of fused-ring (bicyclic) bond motifs is 1. The minimum Gasteiger partial charge on any atom is -0.478 e. The van der Waals surface area contributed by atoms with Crippen molar-refractivity contribution >= 4 is 17.8 Å². The number of rotatable bonds is 5. The van der Waals surface area contributed by atoms with Crippen LogP contribution in [-0.4, -0.2) is 62.3 Å². The molecule has 8 nitrogen and oxygen atoms in total. The van der Waals surface area contributed by atoms with Gasteiger partial charge in [-0.1, -0.05) is 12.1 Å². The number of nitrogens with zero attached hydrogens (tertiary/aromatic N) is 3. The van der Waals surface area contributed by atoms with Crippen molar-refractivity contribution in [3.8, 4) is 11.4 Å². The van der Waals surface area contributed by atoms with Crippen LogP contribution in [0.25, 0.3) is 11.4 Å². The third-order valence-electron chi connectivity index (χ3n) is 5.33. The van der Waals surface area contributed by atoms with Gasteiger partial charge in [0, 0.05) is 44.5 Å². The van der Waals surface area contributed by atoms with Crippen molar-refractivity contribution < 1.29 is 19.5 Å². The molecule has 1 aromatic heterocycles. The number of benzene rings is 1. The third-order valence-corrected chi connectivity index (χ3v) is 5.33. The number of likely N-dealkylation sites (tertiary alicyclic amines) is 1. The van der Waals surface area contributed by atoms with E-state index in [-0.39, 0.29) is 17.4 Å². The van der Waals surface area contributed by atoms with E-state index >= 15 is 0 Å². The lowest BCUT2D eigenvalue weighted by Gasteiger charge is -2.27. The highest BCUT2D eigenvalue weighted by molar-refractivity contribution is 5.89. The summed E-state index contributed by atoms with van der Waals surface area (Å²) in [6.45, 7) is 2.28. The molecule has 4 rings (SSSR count). The number of aromatic nitrogens is 2. The molecule has 0 aliphatic carbocycles. The summed E-state index contributed by atoms with van der Waals surface area (Å²) in [5.41, 5.74) is 2.71. The van der Waals surface area contributed by atoms with Crippen LogP contribution in [0.1, 0.15) is 41.0 Å². The number of carboxylic acid groups (broad SMARTS) is 1. The van der Waals surface area contributed by atoms with Crippen molar-refractivity contribution in [3.05, 3.63) is 41.2 Å². The van der Waals surface area contributed by atoms with Gasteiger partial charge in [0.15, 0.2) is 0 Å². The fourth-order valence-electron chi connectivity index (χ4n) is 3.77. The molecule has 3 heterocycles. The number of carboxylic acids is 1. The first-order valence-electron chi connectivity index (χ1n) is 9.48. The Bertz CT molecular complexity index is 936. The van der Waals surface area contributed by atoms with Gasteiger partial charge < -0.3 is 19.9 Å². The molecule has 0 atom stereocenters. The van der Waals surface area contributed by atoms with Crippen LogP contribution in [-0.2, 0) is 22.6 Å². The molecule has 1 saturated heterocycles. The van der Waals surface area contributed by atoms with Gasteiger partial charge >= 0.3 is 5.97 Å². The number of amides is 2. The van der Waals surface area contributed by atoms with Crippen molar-refractivity contribution in [1.29, 1.82) is 0 Å². The normalized spacial score (nSPS) is 16.4. The molecule has 0 unspecified atom stereocenters. The fourth-order valence-corrected chi connectivity index (χ4v) is 3.77. The van der Waals surface area contributed by atoms with E-state index in [4.69, 9.17) is 5.11 Å². The number of hydrogen-bond donors (Lipinski definition) is 2. The largest absolute Gasteiger partial charge is 0.478 e. The maximum absolute atomic E-state index is 12.6. The van der Waals surface area contributed by atoms with Gasteiger partial charge in [-0.2, -0.15) is 0 Å². The van der Waals surface area contributed by atoms with Crippen molar-refractivity contribution in [2.24, 2.45) is 0 Å². The number of nitrogens with one attached hydrogen (secondary N) is 1. The quantitative estimate of drug-likeness (QED) is 0.818. The van der Waals surface area contributed by atoms with E-state index in [2.05, 4.69) is 9.97 Å². The zero-order chi connectivity index (χ0) is 19.7. The van der Waals surface area contributed by atoms with E-state index in [1.54, 1.807) is 28.0 Å². The van der Waals surface area contributed by atoms with Gasteiger partial charge in [0.05, 0.1) is 23.5 Å². The maximum atomic E-state index is 12.6. The van der Waals surface area contributed by atoms with Crippen molar-refractivity contribution in [3.63, 3.8) is 0 Å². The van der Waals surface area contributed by atoms with Gasteiger partial charge in [-0.25, -0.2) is 9.78 Å². The van der Waals surface area contributed by atoms with Crippen molar-refractivity contribution in [1.82, 2.24) is 19.8 Å². The van der Waals surface area contributed by atoms with Gasteiger partial charge in [-0.15, -0.1) is 0 Å². The average molecular weight is 382 g/mol. The van der Waals surface area contributed by atoms with E-state index in [0.717, 1.165) is 24.4 Å². The Labute approximate surface area is 162 Å². The second-order valence-corrected chi connectivity index (χ2v) is 7.20. The van der Waals surface area contributed by atoms with Crippen LogP contribution in [0.3, 0.4) is 0 Å². The van der Waals surface area contributed by atoms with E-state index in [9.17, 15) is 14.4 Å². The predicted octanol–water partition coefficient (Wildman–Crippen LogP) is 1.67. The molecule has 0 bridgehead atoms. The third kappa shape index (κ3) is 3.62. The summed E-state index contributed by atoms with van der Waals surface area (Å²) >= 11 is 0. The number of hydrogen-bond acceptors (Lipinski definition) is 4. The molecule has 1 aromatic carbocycles. The van der Waals surface area contributed by atoms with Gasteiger partial charge in [0.25, 0.3) is 0 Å². The van der Waals surface area contributed by atoms with Gasteiger partial charge in [0.1, 0.15) is 5.82 Å². The molecular formula is C20H22N4O4. The SMILES string of the molecule is O=C(O)c1cccc(-c2nc3c([nH]2)CN(C(=O)CCN2CCCC2=O)CC3)c1. The van der Waals surface area contributed by atoms with Crippen molar-refractivity contribution in [2.45, 2.75) is 32.2 Å². The maximum Gasteiger partial charge on any atom is 0.335 e. The number of carbonyl (C=O) groups excluding carboxylic acids is 2. The smallest absolute Gasteiger partial charge is 0.335 e. The molecule has 2 amide bonds. The van der Waals surface area contributed by atoms with Crippen LogP contribution in [0.2, 0.25) is 0 Å². The molecular weight excluding hydrogens is 360 g/mol. The number of aromatic amines is 1. The first-order chi connectivity index (χ1) is 13.5. The first kappa shape index (κ1) is 18.2. The van der Waals surface area contributed by atoms with Crippen LogP contribution in [0.4, 0.5) is 0 Å². The highest BCUT2D eigenvalue weighted by Crippen LogP contribution is 2.24. The van der Waals surface area contributed by atoms with E-state index < -0.39 is 5.97 Å². The molecule has 0 radical (unpaired) electrons. The molecule has 8 heteroatoms. The van der Waals surface area contributed by atoms with Gasteiger partial charge in [-0.3, -0.25) is 9.59 Å². The summed E-state index contributed by atoms with van der Waals surface area (Å²) in [5.74, 6) is -0.193. The van der Waals surface area contributed by atoms with E-state index in [0.29, 0.717) is 50.3 Å². The van der Waals surface area contributed by atoms with Crippen LogP contribution in [0, 0.1) is 0 Å². The topological polar surface area (TPSA) is 107 Å². The van der Waals surface area contributed by atoms with Crippen LogP contribution in [0.15, 0.2) is 24.3 Å². The van der Waals surface area contributed by atoms with Gasteiger partial charge in [0.2, 0.25) is 11.8 Å². The summed E-state index contributed by atoms with van der Waals surface area (Å²) in [6, 6.07) is 6.63.